The van der Waals surface area contributed by atoms with Gasteiger partial charge in [0.1, 0.15) is 0 Å². The van der Waals surface area contributed by atoms with Crippen molar-refractivity contribution in [1.29, 1.82) is 0 Å². The summed E-state index contributed by atoms with van der Waals surface area (Å²) in [5, 5.41) is 4.82. The monoisotopic (exact) mass is 266 g/mol. The van der Waals surface area contributed by atoms with Gasteiger partial charge in [-0.2, -0.15) is 0 Å². The Hall–Kier alpha value is -0.410. The molecule has 1 aromatic heterocycles. The highest BCUT2D eigenvalue weighted by molar-refractivity contribution is 7.11. The zero-order valence-corrected chi connectivity index (χ0v) is 12.8. The van der Waals surface area contributed by atoms with Crippen LogP contribution in [0.25, 0.3) is 0 Å². The van der Waals surface area contributed by atoms with Crippen molar-refractivity contribution in [3.63, 3.8) is 0 Å². The van der Waals surface area contributed by atoms with E-state index in [1.54, 1.807) is 0 Å². The van der Waals surface area contributed by atoms with Crippen LogP contribution in [0.4, 0.5) is 0 Å². The molecule has 18 heavy (non-hydrogen) atoms. The van der Waals surface area contributed by atoms with Gasteiger partial charge in [-0.1, -0.05) is 20.8 Å². The second-order valence-corrected chi connectivity index (χ2v) is 7.43. The maximum atomic E-state index is 4.64. The molecule has 102 valence electrons. The van der Waals surface area contributed by atoms with Gasteiger partial charge >= 0.3 is 0 Å². The summed E-state index contributed by atoms with van der Waals surface area (Å²) in [6.07, 6.45) is 8.61. The van der Waals surface area contributed by atoms with Gasteiger partial charge < -0.3 is 5.32 Å². The third kappa shape index (κ3) is 3.79. The van der Waals surface area contributed by atoms with Crippen molar-refractivity contribution in [1.82, 2.24) is 10.3 Å². The third-order valence-corrected chi connectivity index (χ3v) is 5.15. The number of thiazole rings is 1. The van der Waals surface area contributed by atoms with Gasteiger partial charge in [-0.05, 0) is 44.1 Å². The van der Waals surface area contributed by atoms with Crippen molar-refractivity contribution in [3.8, 4) is 0 Å². The van der Waals surface area contributed by atoms with Crippen LogP contribution in [0.3, 0.4) is 0 Å². The molecule has 1 saturated carbocycles. The number of hydrogen-bond donors (Lipinski definition) is 1. The van der Waals surface area contributed by atoms with E-state index in [2.05, 4.69) is 37.3 Å². The van der Waals surface area contributed by atoms with Crippen LogP contribution in [0.2, 0.25) is 0 Å². The molecule has 0 amide bonds. The minimum Gasteiger partial charge on any atom is -0.312 e. The lowest BCUT2D eigenvalue weighted by molar-refractivity contribution is 0.224. The first-order chi connectivity index (χ1) is 8.61. The Morgan fingerprint density at radius 1 is 1.39 bits per heavy atom. The molecule has 2 rings (SSSR count). The zero-order chi connectivity index (χ0) is 13.0. The molecule has 2 nitrogen and oxygen atoms in total. The van der Waals surface area contributed by atoms with Gasteiger partial charge in [0.25, 0.3) is 0 Å². The van der Waals surface area contributed by atoms with Gasteiger partial charge in [-0.15, -0.1) is 11.3 Å². The fourth-order valence-corrected chi connectivity index (χ4v) is 3.68. The Morgan fingerprint density at radius 3 is 2.78 bits per heavy atom. The van der Waals surface area contributed by atoms with Crippen LogP contribution in [0, 0.1) is 5.41 Å². The lowest BCUT2D eigenvalue weighted by Gasteiger charge is -2.33. The first kappa shape index (κ1) is 14.0. The smallest absolute Gasteiger partial charge is 0.0959 e. The second-order valence-electron chi connectivity index (χ2n) is 6.28. The molecule has 0 radical (unpaired) electrons. The molecule has 1 aliphatic rings. The van der Waals surface area contributed by atoms with Crippen LogP contribution in [0.15, 0.2) is 6.20 Å². The standard InChI is InChI=1S/C15H26N2S/c1-4-9-16-10-13-11-17-14(18-13)12-5-7-15(2,3)8-6-12/h11-12,16H,4-10H2,1-3H3. The highest BCUT2D eigenvalue weighted by Gasteiger charge is 2.28. The normalized spacial score (nSPS) is 20.2. The molecule has 1 fully saturated rings. The molecule has 1 N–H and O–H groups in total. The van der Waals surface area contributed by atoms with E-state index in [0.29, 0.717) is 5.41 Å². The van der Waals surface area contributed by atoms with E-state index in [1.807, 2.05) is 11.3 Å². The summed E-state index contributed by atoms with van der Waals surface area (Å²) in [5.74, 6) is 0.725. The minimum atomic E-state index is 0.555. The SMILES string of the molecule is CCCNCc1cnc(C2CCC(C)(C)CC2)s1. The molecule has 0 saturated heterocycles. The van der Waals surface area contributed by atoms with Crippen LogP contribution < -0.4 is 5.32 Å². The largest absolute Gasteiger partial charge is 0.312 e. The van der Waals surface area contributed by atoms with E-state index in [-0.39, 0.29) is 0 Å². The molecule has 1 aliphatic carbocycles. The lowest BCUT2D eigenvalue weighted by atomic mass is 9.73. The zero-order valence-electron chi connectivity index (χ0n) is 12.0. The minimum absolute atomic E-state index is 0.555. The van der Waals surface area contributed by atoms with Crippen molar-refractivity contribution in [2.24, 2.45) is 5.41 Å². The summed E-state index contributed by atoms with van der Waals surface area (Å²) in [7, 11) is 0. The van der Waals surface area contributed by atoms with E-state index >= 15 is 0 Å². The van der Waals surface area contributed by atoms with Crippen molar-refractivity contribution in [3.05, 3.63) is 16.1 Å². The number of rotatable bonds is 5. The van der Waals surface area contributed by atoms with Crippen LogP contribution in [0.1, 0.15) is 68.7 Å². The summed E-state index contributed by atoms with van der Waals surface area (Å²) in [5.41, 5.74) is 0.555. The number of hydrogen-bond acceptors (Lipinski definition) is 3. The topological polar surface area (TPSA) is 24.9 Å². The Morgan fingerprint density at radius 2 is 2.11 bits per heavy atom. The Bertz CT molecular complexity index is 360. The summed E-state index contributed by atoms with van der Waals surface area (Å²) < 4.78 is 0. The Balaban J connectivity index is 1.86. The highest BCUT2D eigenvalue weighted by Crippen LogP contribution is 2.43. The number of nitrogens with zero attached hydrogens (tertiary/aromatic N) is 1. The van der Waals surface area contributed by atoms with E-state index in [9.17, 15) is 0 Å². The van der Waals surface area contributed by atoms with Gasteiger partial charge in [-0.3, -0.25) is 0 Å². The molecule has 0 spiro atoms. The molecule has 0 aromatic carbocycles. The molecule has 1 heterocycles. The van der Waals surface area contributed by atoms with E-state index < -0.39 is 0 Å². The van der Waals surface area contributed by atoms with Gasteiger partial charge in [0.15, 0.2) is 0 Å². The van der Waals surface area contributed by atoms with Crippen LogP contribution in [-0.4, -0.2) is 11.5 Å². The molecular weight excluding hydrogens is 240 g/mol. The molecule has 0 unspecified atom stereocenters. The predicted octanol–water partition coefficient (Wildman–Crippen LogP) is 4.33. The first-order valence-corrected chi connectivity index (χ1v) is 8.08. The van der Waals surface area contributed by atoms with E-state index in [4.69, 9.17) is 0 Å². The molecule has 0 aliphatic heterocycles. The Labute approximate surface area is 115 Å². The molecule has 0 atom stereocenters. The van der Waals surface area contributed by atoms with Gasteiger partial charge in [0.2, 0.25) is 0 Å². The van der Waals surface area contributed by atoms with E-state index in [1.165, 1.54) is 42.0 Å². The van der Waals surface area contributed by atoms with Gasteiger partial charge in [0.05, 0.1) is 5.01 Å². The maximum absolute atomic E-state index is 4.64. The van der Waals surface area contributed by atoms with Crippen molar-refractivity contribution < 1.29 is 0 Å². The fourth-order valence-electron chi connectivity index (χ4n) is 2.63. The summed E-state index contributed by atoms with van der Waals surface area (Å²) >= 11 is 1.92. The quantitative estimate of drug-likeness (QED) is 0.803. The number of nitrogens with one attached hydrogen (secondary N) is 1. The summed E-state index contributed by atoms with van der Waals surface area (Å²) in [6, 6.07) is 0. The summed E-state index contributed by atoms with van der Waals surface area (Å²) in [4.78, 5) is 6.04. The summed E-state index contributed by atoms with van der Waals surface area (Å²) in [6.45, 7) is 9.08. The molecular formula is C15H26N2S. The maximum Gasteiger partial charge on any atom is 0.0959 e. The van der Waals surface area contributed by atoms with Gasteiger partial charge in [-0.25, -0.2) is 4.98 Å². The average molecular weight is 266 g/mol. The van der Waals surface area contributed by atoms with Crippen LogP contribution in [0.5, 0.6) is 0 Å². The average Bonchev–Trinajstić information content (AvgIpc) is 2.78. The predicted molar refractivity (Wildman–Crippen MR) is 79.1 cm³/mol. The third-order valence-electron chi connectivity index (χ3n) is 3.99. The lowest BCUT2D eigenvalue weighted by Crippen LogP contribution is -2.20. The fraction of sp³-hybridized carbons (Fsp3) is 0.800. The Kier molecular flexibility index (Phi) is 4.79. The molecule has 1 aromatic rings. The molecule has 3 heteroatoms. The van der Waals surface area contributed by atoms with Crippen LogP contribution >= 0.6 is 11.3 Å². The highest BCUT2D eigenvalue weighted by atomic mass is 32.1. The van der Waals surface area contributed by atoms with Crippen molar-refractivity contribution in [2.45, 2.75) is 65.3 Å². The second kappa shape index (κ2) is 6.16. The van der Waals surface area contributed by atoms with Gasteiger partial charge in [0, 0.05) is 23.5 Å². The number of aromatic nitrogens is 1. The first-order valence-electron chi connectivity index (χ1n) is 7.26. The molecule has 0 bridgehead atoms. The van der Waals surface area contributed by atoms with Crippen molar-refractivity contribution in [2.75, 3.05) is 6.54 Å². The van der Waals surface area contributed by atoms with Crippen molar-refractivity contribution >= 4 is 11.3 Å². The van der Waals surface area contributed by atoms with Crippen LogP contribution in [-0.2, 0) is 6.54 Å². The van der Waals surface area contributed by atoms with E-state index in [0.717, 1.165) is 19.0 Å².